The maximum atomic E-state index is 10.5. The number of carbonyl (C=O) groups excluding carboxylic acids is 1. The van der Waals surface area contributed by atoms with E-state index < -0.39 is 0 Å². The first-order chi connectivity index (χ1) is 8.76. The van der Waals surface area contributed by atoms with Crippen LogP contribution < -0.4 is 0 Å². The molecule has 0 saturated carbocycles. The number of allylic oxidation sites excluding steroid dienone is 1. The van der Waals surface area contributed by atoms with Crippen LogP contribution in [0.4, 0.5) is 0 Å². The van der Waals surface area contributed by atoms with Gasteiger partial charge in [0.2, 0.25) is 0 Å². The van der Waals surface area contributed by atoms with Crippen molar-refractivity contribution in [1.82, 2.24) is 0 Å². The first-order valence-electron chi connectivity index (χ1n) is 5.92. The summed E-state index contributed by atoms with van der Waals surface area (Å²) in [6.07, 6.45) is 7.31. The van der Waals surface area contributed by atoms with E-state index in [4.69, 9.17) is 4.74 Å². The molecule has 2 nitrogen and oxygen atoms in total. The van der Waals surface area contributed by atoms with Gasteiger partial charge in [-0.05, 0) is 34.8 Å². The highest BCUT2D eigenvalue weighted by Crippen LogP contribution is 2.10. The van der Waals surface area contributed by atoms with E-state index in [1.807, 2.05) is 55.5 Å². The van der Waals surface area contributed by atoms with E-state index in [1.165, 1.54) is 0 Å². The Labute approximate surface area is 116 Å². The zero-order chi connectivity index (χ0) is 13.2. The molecule has 18 heavy (non-hydrogen) atoms. The monoisotopic (exact) mass is 308 g/mol. The molecule has 1 rings (SSSR count). The Bertz CT molecular complexity index is 410. The lowest BCUT2D eigenvalue weighted by Crippen LogP contribution is -2.08. The maximum absolute atomic E-state index is 10.5. The summed E-state index contributed by atoms with van der Waals surface area (Å²) in [5, 5.41) is 0. The number of carbonyl (C=O) groups is 1. The minimum Gasteiger partial charge on any atom is -0.374 e. The molecule has 0 amide bonds. The molecule has 0 N–H and O–H groups in total. The minimum absolute atomic E-state index is 0.0114. The van der Waals surface area contributed by atoms with E-state index in [2.05, 4.69) is 15.9 Å². The Morgan fingerprint density at radius 1 is 1.39 bits per heavy atom. The van der Waals surface area contributed by atoms with E-state index >= 15 is 0 Å². The zero-order valence-corrected chi connectivity index (χ0v) is 12.0. The van der Waals surface area contributed by atoms with Crippen LogP contribution in [-0.4, -0.2) is 19.0 Å². The van der Waals surface area contributed by atoms with Crippen LogP contribution in [0.1, 0.15) is 18.9 Å². The quantitative estimate of drug-likeness (QED) is 0.563. The van der Waals surface area contributed by atoms with E-state index in [1.54, 1.807) is 0 Å². The molecule has 0 aliphatic rings. The molecule has 0 saturated heterocycles. The number of halogens is 1. The van der Waals surface area contributed by atoms with E-state index in [0.29, 0.717) is 17.5 Å². The first kappa shape index (κ1) is 14.9. The van der Waals surface area contributed by atoms with Crippen LogP contribution in [0.25, 0.3) is 6.08 Å². The molecular formula is C15H17BrO2. The summed E-state index contributed by atoms with van der Waals surface area (Å²) in [5.41, 5.74) is 1.14. The molecule has 1 aromatic rings. The van der Waals surface area contributed by atoms with Gasteiger partial charge in [0.25, 0.3) is 0 Å². The largest absolute Gasteiger partial charge is 0.374 e. The van der Waals surface area contributed by atoms with Gasteiger partial charge in [-0.2, -0.15) is 0 Å². The highest BCUT2D eigenvalue weighted by atomic mass is 79.9. The van der Waals surface area contributed by atoms with Crippen LogP contribution in [0.15, 0.2) is 47.0 Å². The second-order valence-electron chi connectivity index (χ2n) is 3.71. The van der Waals surface area contributed by atoms with Crippen molar-refractivity contribution >= 4 is 28.3 Å². The summed E-state index contributed by atoms with van der Waals surface area (Å²) in [5.74, 6) is 0. The fourth-order valence-corrected chi connectivity index (χ4v) is 1.66. The molecule has 0 bridgehead atoms. The third kappa shape index (κ3) is 5.94. The van der Waals surface area contributed by atoms with Crippen molar-refractivity contribution in [2.45, 2.75) is 19.4 Å². The molecule has 0 spiro atoms. The highest BCUT2D eigenvalue weighted by Gasteiger charge is 2.02. The van der Waals surface area contributed by atoms with Crippen molar-refractivity contribution in [2.24, 2.45) is 0 Å². The molecule has 0 heterocycles. The van der Waals surface area contributed by atoms with E-state index in [0.717, 1.165) is 11.8 Å². The van der Waals surface area contributed by atoms with Gasteiger partial charge < -0.3 is 4.74 Å². The van der Waals surface area contributed by atoms with Gasteiger partial charge in [-0.1, -0.05) is 48.6 Å². The lowest BCUT2D eigenvalue weighted by molar-refractivity contribution is -0.104. The molecule has 0 aromatic heterocycles. The molecule has 1 unspecified atom stereocenters. The standard InChI is InChI=1S/C15H17BrO2/c1-2-18-15(11-9-14(16)12-17)10-8-13-6-4-3-5-7-13/h3-10,12,15H,2,11H2,1H3. The normalized spacial score (nSPS) is 13.8. The van der Waals surface area contributed by atoms with Gasteiger partial charge in [0, 0.05) is 6.61 Å². The summed E-state index contributed by atoms with van der Waals surface area (Å²) in [4.78, 5) is 10.5. The van der Waals surface area contributed by atoms with Gasteiger partial charge in [-0.15, -0.1) is 0 Å². The van der Waals surface area contributed by atoms with Crippen molar-refractivity contribution < 1.29 is 9.53 Å². The summed E-state index contributed by atoms with van der Waals surface area (Å²) in [6.45, 7) is 2.61. The molecule has 0 aliphatic carbocycles. The molecule has 1 aromatic carbocycles. The number of hydrogen-bond acceptors (Lipinski definition) is 2. The molecule has 0 radical (unpaired) electrons. The summed E-state index contributed by atoms with van der Waals surface area (Å²) >= 11 is 3.17. The molecule has 1 atom stereocenters. The number of ether oxygens (including phenoxy) is 1. The van der Waals surface area contributed by atoms with Crippen molar-refractivity contribution in [2.75, 3.05) is 6.61 Å². The molecule has 3 heteroatoms. The van der Waals surface area contributed by atoms with Gasteiger partial charge >= 0.3 is 0 Å². The van der Waals surface area contributed by atoms with Crippen LogP contribution in [0.2, 0.25) is 0 Å². The van der Waals surface area contributed by atoms with Crippen molar-refractivity contribution in [3.8, 4) is 0 Å². The summed E-state index contributed by atoms with van der Waals surface area (Å²) in [7, 11) is 0. The Balaban J connectivity index is 2.62. The van der Waals surface area contributed by atoms with E-state index in [-0.39, 0.29) is 6.10 Å². The molecule has 0 fully saturated rings. The van der Waals surface area contributed by atoms with Crippen LogP contribution in [-0.2, 0) is 9.53 Å². The van der Waals surface area contributed by atoms with Gasteiger partial charge in [-0.25, -0.2) is 0 Å². The fourth-order valence-electron chi connectivity index (χ4n) is 1.48. The van der Waals surface area contributed by atoms with Crippen molar-refractivity contribution in [3.05, 3.63) is 52.5 Å². The van der Waals surface area contributed by atoms with Crippen molar-refractivity contribution in [3.63, 3.8) is 0 Å². The average Bonchev–Trinajstić information content (AvgIpc) is 2.42. The van der Waals surface area contributed by atoms with Crippen molar-refractivity contribution in [1.29, 1.82) is 0 Å². The number of aldehydes is 1. The predicted molar refractivity (Wildman–Crippen MR) is 78.6 cm³/mol. The first-order valence-corrected chi connectivity index (χ1v) is 6.71. The molecule has 96 valence electrons. The van der Waals surface area contributed by atoms with Gasteiger partial charge in [0.05, 0.1) is 10.6 Å². The Morgan fingerprint density at radius 2 is 2.11 bits per heavy atom. The SMILES string of the molecule is CCOC(C=Cc1ccccc1)CC=C(Br)C=O. The number of benzene rings is 1. The van der Waals surface area contributed by atoms with Crippen LogP contribution in [0.5, 0.6) is 0 Å². The van der Waals surface area contributed by atoms with Gasteiger partial charge in [0.1, 0.15) is 0 Å². The van der Waals surface area contributed by atoms with Crippen LogP contribution >= 0.6 is 15.9 Å². The molecular weight excluding hydrogens is 292 g/mol. The lowest BCUT2D eigenvalue weighted by atomic mass is 10.1. The topological polar surface area (TPSA) is 26.3 Å². The lowest BCUT2D eigenvalue weighted by Gasteiger charge is -2.10. The Morgan fingerprint density at radius 3 is 2.72 bits per heavy atom. The van der Waals surface area contributed by atoms with Gasteiger partial charge in [-0.3, -0.25) is 4.79 Å². The maximum Gasteiger partial charge on any atom is 0.156 e. The second kappa shape index (κ2) is 8.84. The third-order valence-corrected chi connectivity index (χ3v) is 2.85. The third-order valence-electron chi connectivity index (χ3n) is 2.34. The van der Waals surface area contributed by atoms with Crippen LogP contribution in [0, 0.1) is 0 Å². The van der Waals surface area contributed by atoms with E-state index in [9.17, 15) is 4.79 Å². The number of rotatable bonds is 7. The number of hydrogen-bond donors (Lipinski definition) is 0. The minimum atomic E-state index is -0.0114. The summed E-state index contributed by atoms with van der Waals surface area (Å²) in [6, 6.07) is 10.1. The summed E-state index contributed by atoms with van der Waals surface area (Å²) < 4.78 is 6.15. The second-order valence-corrected chi connectivity index (χ2v) is 4.62. The average molecular weight is 309 g/mol. The van der Waals surface area contributed by atoms with Gasteiger partial charge in [0.15, 0.2) is 6.29 Å². The fraction of sp³-hybridized carbons (Fsp3) is 0.267. The van der Waals surface area contributed by atoms with Crippen LogP contribution in [0.3, 0.4) is 0 Å². The zero-order valence-electron chi connectivity index (χ0n) is 10.4. The highest BCUT2D eigenvalue weighted by molar-refractivity contribution is 9.12. The molecule has 0 aliphatic heterocycles. The predicted octanol–water partition coefficient (Wildman–Crippen LogP) is 3.97. The smallest absolute Gasteiger partial charge is 0.156 e. The Hall–Kier alpha value is -1.19. The Kier molecular flexibility index (Phi) is 7.30.